The van der Waals surface area contributed by atoms with Gasteiger partial charge in [-0.2, -0.15) is 0 Å². The fourth-order valence-electron chi connectivity index (χ4n) is 2.55. The van der Waals surface area contributed by atoms with Crippen molar-refractivity contribution >= 4 is 11.8 Å². The molecule has 1 aliphatic heterocycles. The van der Waals surface area contributed by atoms with Crippen molar-refractivity contribution in [2.24, 2.45) is 5.92 Å². The van der Waals surface area contributed by atoms with Crippen molar-refractivity contribution in [3.05, 3.63) is 29.8 Å². The Morgan fingerprint density at radius 1 is 1.29 bits per heavy atom. The largest absolute Gasteiger partial charge is 0.493 e. The highest BCUT2D eigenvalue weighted by Gasteiger charge is 2.32. The molecule has 1 fully saturated rings. The summed E-state index contributed by atoms with van der Waals surface area (Å²) in [5, 5.41) is 10.4. The summed E-state index contributed by atoms with van der Waals surface area (Å²) in [5.41, 5.74) is 0.596. The van der Waals surface area contributed by atoms with Gasteiger partial charge in [-0.3, -0.25) is 14.5 Å². The summed E-state index contributed by atoms with van der Waals surface area (Å²) < 4.78 is 5.47. The monoisotopic (exact) mass is 291 g/mol. The second-order valence-corrected chi connectivity index (χ2v) is 5.40. The van der Waals surface area contributed by atoms with E-state index in [-0.39, 0.29) is 24.3 Å². The standard InChI is InChI=1S/C16H21NO4/c1-3-21-14-7-5-4-6-12(14)13(18)10-17-15(19)8-11(2)9-16(17)20/h4-7,11,13,18H,3,8-10H2,1-2H3. The van der Waals surface area contributed by atoms with Crippen molar-refractivity contribution < 1.29 is 19.4 Å². The van der Waals surface area contributed by atoms with E-state index in [4.69, 9.17) is 4.74 Å². The number of hydrogen-bond acceptors (Lipinski definition) is 4. The summed E-state index contributed by atoms with van der Waals surface area (Å²) in [6.07, 6.45) is -0.231. The van der Waals surface area contributed by atoms with Gasteiger partial charge in [0.2, 0.25) is 11.8 Å². The SMILES string of the molecule is CCOc1ccccc1C(O)CN1C(=O)CC(C)CC1=O. The molecule has 2 amide bonds. The fourth-order valence-corrected chi connectivity index (χ4v) is 2.55. The molecule has 5 nitrogen and oxygen atoms in total. The zero-order chi connectivity index (χ0) is 15.4. The molecule has 1 heterocycles. The van der Waals surface area contributed by atoms with Crippen molar-refractivity contribution in [2.75, 3.05) is 13.2 Å². The van der Waals surface area contributed by atoms with Crippen molar-refractivity contribution in [3.8, 4) is 5.75 Å². The number of likely N-dealkylation sites (tertiary alicyclic amines) is 1. The van der Waals surface area contributed by atoms with E-state index in [1.807, 2.05) is 19.9 Å². The van der Waals surface area contributed by atoms with Crippen LogP contribution in [0.1, 0.15) is 38.4 Å². The molecule has 0 saturated carbocycles. The molecule has 5 heteroatoms. The van der Waals surface area contributed by atoms with Crippen molar-refractivity contribution in [2.45, 2.75) is 32.8 Å². The number of amides is 2. The van der Waals surface area contributed by atoms with Crippen LogP contribution in [0.5, 0.6) is 5.75 Å². The van der Waals surface area contributed by atoms with E-state index in [2.05, 4.69) is 0 Å². The molecule has 1 aromatic rings. The average molecular weight is 291 g/mol. The molecule has 0 aromatic heterocycles. The number of hydrogen-bond donors (Lipinski definition) is 1. The highest BCUT2D eigenvalue weighted by Crippen LogP contribution is 2.27. The van der Waals surface area contributed by atoms with Gasteiger partial charge in [-0.1, -0.05) is 25.1 Å². The summed E-state index contributed by atoms with van der Waals surface area (Å²) in [6, 6.07) is 7.13. The predicted molar refractivity (Wildman–Crippen MR) is 77.7 cm³/mol. The van der Waals surface area contributed by atoms with Gasteiger partial charge in [0.05, 0.1) is 13.2 Å². The van der Waals surface area contributed by atoms with Crippen molar-refractivity contribution in [1.29, 1.82) is 0 Å². The maximum Gasteiger partial charge on any atom is 0.229 e. The Bertz CT molecular complexity index is 511. The summed E-state index contributed by atoms with van der Waals surface area (Å²) in [4.78, 5) is 25.1. The number of β-amino-alcohol motifs (C(OH)–C–C–N with tert-alkyl or cyclic N) is 1. The molecule has 2 rings (SSSR count). The quantitative estimate of drug-likeness (QED) is 0.841. The number of imide groups is 1. The number of rotatable bonds is 5. The Labute approximate surface area is 124 Å². The van der Waals surface area contributed by atoms with Crippen LogP contribution in [0.4, 0.5) is 0 Å². The van der Waals surface area contributed by atoms with Gasteiger partial charge < -0.3 is 9.84 Å². The number of benzene rings is 1. The molecule has 1 N–H and O–H groups in total. The summed E-state index contributed by atoms with van der Waals surface area (Å²) in [7, 11) is 0. The lowest BCUT2D eigenvalue weighted by Gasteiger charge is -2.30. The third kappa shape index (κ3) is 3.61. The summed E-state index contributed by atoms with van der Waals surface area (Å²) in [5.74, 6) is 0.227. The molecule has 1 atom stereocenters. The maximum absolute atomic E-state index is 12.0. The topological polar surface area (TPSA) is 66.8 Å². The Morgan fingerprint density at radius 2 is 1.90 bits per heavy atom. The molecule has 114 valence electrons. The number of para-hydroxylation sites is 1. The van der Waals surface area contributed by atoms with Crippen molar-refractivity contribution in [3.63, 3.8) is 0 Å². The van der Waals surface area contributed by atoms with E-state index >= 15 is 0 Å². The van der Waals surface area contributed by atoms with E-state index in [1.165, 1.54) is 0 Å². The Morgan fingerprint density at radius 3 is 2.52 bits per heavy atom. The minimum absolute atomic E-state index is 0.0194. The lowest BCUT2D eigenvalue weighted by molar-refractivity contribution is -0.151. The molecule has 21 heavy (non-hydrogen) atoms. The number of nitrogens with zero attached hydrogens (tertiary/aromatic N) is 1. The maximum atomic E-state index is 12.0. The Kier molecular flexibility index (Phi) is 4.96. The lowest BCUT2D eigenvalue weighted by Crippen LogP contribution is -2.44. The first kappa shape index (κ1) is 15.5. The molecule has 0 spiro atoms. The molecule has 0 radical (unpaired) electrons. The van der Waals surface area contributed by atoms with Crippen molar-refractivity contribution in [1.82, 2.24) is 4.90 Å². The molecule has 1 aliphatic rings. The van der Waals surface area contributed by atoms with E-state index in [1.54, 1.807) is 18.2 Å². The second kappa shape index (κ2) is 6.72. The van der Waals surface area contributed by atoms with Crippen LogP contribution in [0.2, 0.25) is 0 Å². The van der Waals surface area contributed by atoms with Gasteiger partial charge in [0.25, 0.3) is 0 Å². The number of aliphatic hydroxyl groups excluding tert-OH is 1. The summed E-state index contributed by atoms with van der Waals surface area (Å²) in [6.45, 7) is 4.22. The second-order valence-electron chi connectivity index (χ2n) is 5.40. The van der Waals surface area contributed by atoms with Crippen LogP contribution in [-0.4, -0.2) is 35.0 Å². The Hall–Kier alpha value is -1.88. The Balaban J connectivity index is 2.12. The van der Waals surface area contributed by atoms with Crippen LogP contribution in [-0.2, 0) is 9.59 Å². The van der Waals surface area contributed by atoms with Crippen LogP contribution in [0.25, 0.3) is 0 Å². The van der Waals surface area contributed by atoms with Crippen LogP contribution in [0.3, 0.4) is 0 Å². The average Bonchev–Trinajstić information content (AvgIpc) is 2.43. The van der Waals surface area contributed by atoms with Crippen LogP contribution in [0, 0.1) is 5.92 Å². The fraction of sp³-hybridized carbons (Fsp3) is 0.500. The smallest absolute Gasteiger partial charge is 0.229 e. The molecule has 1 unspecified atom stereocenters. The highest BCUT2D eigenvalue weighted by atomic mass is 16.5. The van der Waals surface area contributed by atoms with Crippen LogP contribution in [0.15, 0.2) is 24.3 Å². The van der Waals surface area contributed by atoms with E-state index in [0.29, 0.717) is 30.8 Å². The van der Waals surface area contributed by atoms with Gasteiger partial charge in [0.15, 0.2) is 0 Å². The first-order valence-electron chi connectivity index (χ1n) is 7.26. The number of aliphatic hydroxyl groups is 1. The van der Waals surface area contributed by atoms with Gasteiger partial charge in [-0.25, -0.2) is 0 Å². The van der Waals surface area contributed by atoms with Gasteiger partial charge >= 0.3 is 0 Å². The van der Waals surface area contributed by atoms with Gasteiger partial charge in [-0.15, -0.1) is 0 Å². The molecule has 1 aromatic carbocycles. The minimum Gasteiger partial charge on any atom is -0.493 e. The minimum atomic E-state index is -0.936. The van der Waals surface area contributed by atoms with Gasteiger partial charge in [-0.05, 0) is 18.9 Å². The normalized spacial score (nSPS) is 18.0. The van der Waals surface area contributed by atoms with Gasteiger partial charge in [0.1, 0.15) is 11.9 Å². The predicted octanol–water partition coefficient (Wildman–Crippen LogP) is 1.90. The number of carbonyl (C=O) groups is 2. The molecular weight excluding hydrogens is 270 g/mol. The highest BCUT2D eigenvalue weighted by molar-refractivity contribution is 5.97. The lowest BCUT2D eigenvalue weighted by atomic mass is 9.97. The number of ether oxygens (including phenoxy) is 1. The van der Waals surface area contributed by atoms with E-state index < -0.39 is 6.10 Å². The van der Waals surface area contributed by atoms with E-state index in [9.17, 15) is 14.7 Å². The molecular formula is C16H21NO4. The number of carbonyl (C=O) groups excluding carboxylic acids is 2. The molecule has 1 saturated heterocycles. The molecule has 0 aliphatic carbocycles. The summed E-state index contributed by atoms with van der Waals surface area (Å²) >= 11 is 0. The van der Waals surface area contributed by atoms with Crippen LogP contribution < -0.4 is 4.74 Å². The van der Waals surface area contributed by atoms with Crippen LogP contribution >= 0.6 is 0 Å². The number of piperidine rings is 1. The molecule has 0 bridgehead atoms. The first-order valence-corrected chi connectivity index (χ1v) is 7.26. The third-order valence-corrected chi connectivity index (χ3v) is 3.58. The zero-order valence-electron chi connectivity index (χ0n) is 12.4. The first-order chi connectivity index (χ1) is 10.0. The van der Waals surface area contributed by atoms with Gasteiger partial charge in [0, 0.05) is 18.4 Å². The third-order valence-electron chi connectivity index (χ3n) is 3.58. The van der Waals surface area contributed by atoms with E-state index in [0.717, 1.165) is 4.90 Å². The zero-order valence-corrected chi connectivity index (χ0v) is 12.4.